The number of esters is 2. The van der Waals surface area contributed by atoms with Gasteiger partial charge < -0.3 is 19.3 Å². The molecule has 28 heavy (non-hydrogen) atoms. The number of benzene rings is 1. The maximum Gasteiger partial charge on any atom is 0.347 e. The van der Waals surface area contributed by atoms with Crippen LogP contribution < -0.4 is 5.32 Å². The van der Waals surface area contributed by atoms with E-state index in [1.807, 2.05) is 32.0 Å². The summed E-state index contributed by atoms with van der Waals surface area (Å²) in [6, 6.07) is 5.81. The lowest BCUT2D eigenvalue weighted by Gasteiger charge is -2.12. The summed E-state index contributed by atoms with van der Waals surface area (Å²) in [6.07, 6.45) is 2.15. The standard InChI is InChI=1S/C21H26N2O5/c1-6-15-9-10-16(11-17(15)19-13(4)23-28-14(19)5)22-12-18(20(24)26-7-2)21(25)27-8-3/h9-12,22H,6-8H2,1-5H3. The molecule has 0 unspecified atom stereocenters. The summed E-state index contributed by atoms with van der Waals surface area (Å²) in [5.74, 6) is -0.729. The van der Waals surface area contributed by atoms with Crippen molar-refractivity contribution in [3.63, 3.8) is 0 Å². The third-order valence-electron chi connectivity index (χ3n) is 4.17. The van der Waals surface area contributed by atoms with Crippen molar-refractivity contribution in [2.24, 2.45) is 0 Å². The van der Waals surface area contributed by atoms with Gasteiger partial charge in [-0.1, -0.05) is 18.1 Å². The molecule has 1 aromatic heterocycles. The molecular formula is C21H26N2O5. The minimum absolute atomic E-state index is 0.164. The molecule has 0 fully saturated rings. The van der Waals surface area contributed by atoms with Gasteiger partial charge in [0.25, 0.3) is 0 Å². The Balaban J connectivity index is 2.39. The Morgan fingerprint density at radius 1 is 1.11 bits per heavy atom. The summed E-state index contributed by atoms with van der Waals surface area (Å²) < 4.78 is 15.2. The molecule has 0 saturated heterocycles. The predicted octanol–water partition coefficient (Wildman–Crippen LogP) is 3.94. The topological polar surface area (TPSA) is 90.7 Å². The van der Waals surface area contributed by atoms with E-state index in [0.717, 1.165) is 34.6 Å². The van der Waals surface area contributed by atoms with Crippen LogP contribution in [0.5, 0.6) is 0 Å². The Hall–Kier alpha value is -3.09. The van der Waals surface area contributed by atoms with Crippen LogP contribution in [-0.4, -0.2) is 30.3 Å². The first-order valence-electron chi connectivity index (χ1n) is 9.29. The van der Waals surface area contributed by atoms with Crippen LogP contribution in [0.3, 0.4) is 0 Å². The average Bonchev–Trinajstić information content (AvgIpc) is 3.00. The summed E-state index contributed by atoms with van der Waals surface area (Å²) >= 11 is 0. The van der Waals surface area contributed by atoms with E-state index < -0.39 is 11.9 Å². The smallest absolute Gasteiger partial charge is 0.347 e. The largest absolute Gasteiger partial charge is 0.462 e. The van der Waals surface area contributed by atoms with Crippen molar-refractivity contribution >= 4 is 17.6 Å². The van der Waals surface area contributed by atoms with Crippen LogP contribution in [0.1, 0.15) is 37.8 Å². The van der Waals surface area contributed by atoms with E-state index in [4.69, 9.17) is 14.0 Å². The van der Waals surface area contributed by atoms with Crippen molar-refractivity contribution in [1.82, 2.24) is 5.16 Å². The highest BCUT2D eigenvalue weighted by Gasteiger charge is 2.21. The van der Waals surface area contributed by atoms with Gasteiger partial charge in [0.15, 0.2) is 5.57 Å². The Morgan fingerprint density at radius 2 is 1.75 bits per heavy atom. The molecule has 0 spiro atoms. The Kier molecular flexibility index (Phi) is 7.37. The third kappa shape index (κ3) is 4.79. The lowest BCUT2D eigenvalue weighted by Crippen LogP contribution is -2.19. The van der Waals surface area contributed by atoms with Crippen LogP contribution in [0.4, 0.5) is 5.69 Å². The highest BCUT2D eigenvalue weighted by molar-refractivity contribution is 6.14. The Morgan fingerprint density at radius 3 is 2.25 bits per heavy atom. The lowest BCUT2D eigenvalue weighted by atomic mass is 9.96. The quantitative estimate of drug-likeness (QED) is 0.318. The molecule has 0 aliphatic carbocycles. The maximum atomic E-state index is 12.1. The fraction of sp³-hybridized carbons (Fsp3) is 0.381. The first-order chi connectivity index (χ1) is 13.4. The molecule has 150 valence electrons. The highest BCUT2D eigenvalue weighted by atomic mass is 16.6. The Bertz CT molecular complexity index is 843. The molecule has 0 saturated carbocycles. The third-order valence-corrected chi connectivity index (χ3v) is 4.17. The van der Waals surface area contributed by atoms with Gasteiger partial charge in [0.2, 0.25) is 0 Å². The van der Waals surface area contributed by atoms with Crippen molar-refractivity contribution in [2.45, 2.75) is 41.0 Å². The number of aryl methyl sites for hydroxylation is 3. The second-order valence-corrected chi connectivity index (χ2v) is 6.07. The second kappa shape index (κ2) is 9.73. The minimum atomic E-state index is -0.732. The van der Waals surface area contributed by atoms with Gasteiger partial charge in [0.1, 0.15) is 5.76 Å². The first kappa shape index (κ1) is 21.2. The van der Waals surface area contributed by atoms with Crippen LogP contribution in [-0.2, 0) is 25.5 Å². The minimum Gasteiger partial charge on any atom is -0.462 e. The summed E-state index contributed by atoms with van der Waals surface area (Å²) in [6.45, 7) is 9.51. The van der Waals surface area contributed by atoms with Gasteiger partial charge >= 0.3 is 11.9 Å². The summed E-state index contributed by atoms with van der Waals surface area (Å²) in [5.41, 5.74) is 4.39. The number of anilines is 1. The van der Waals surface area contributed by atoms with Crippen LogP contribution in [0.15, 0.2) is 34.5 Å². The molecule has 2 rings (SSSR count). The number of aromatic nitrogens is 1. The normalized spacial score (nSPS) is 10.3. The molecule has 0 aliphatic rings. The summed E-state index contributed by atoms with van der Waals surface area (Å²) in [7, 11) is 0. The van der Waals surface area contributed by atoms with E-state index in [-0.39, 0.29) is 18.8 Å². The van der Waals surface area contributed by atoms with E-state index in [1.54, 1.807) is 13.8 Å². The second-order valence-electron chi connectivity index (χ2n) is 6.07. The van der Waals surface area contributed by atoms with Gasteiger partial charge in [-0.05, 0) is 57.4 Å². The monoisotopic (exact) mass is 386 g/mol. The molecule has 2 aromatic rings. The molecular weight excluding hydrogens is 360 g/mol. The van der Waals surface area contributed by atoms with E-state index in [2.05, 4.69) is 17.4 Å². The zero-order chi connectivity index (χ0) is 20.7. The number of carbonyl (C=O) groups is 2. The van der Waals surface area contributed by atoms with Gasteiger partial charge in [0.05, 0.1) is 18.9 Å². The molecule has 0 atom stereocenters. The number of rotatable bonds is 8. The fourth-order valence-corrected chi connectivity index (χ4v) is 2.85. The van der Waals surface area contributed by atoms with Crippen molar-refractivity contribution < 1.29 is 23.6 Å². The van der Waals surface area contributed by atoms with Gasteiger partial charge in [-0.2, -0.15) is 0 Å². The molecule has 0 radical (unpaired) electrons. The van der Waals surface area contributed by atoms with Crippen LogP contribution in [0, 0.1) is 13.8 Å². The maximum absolute atomic E-state index is 12.1. The molecule has 1 heterocycles. The average molecular weight is 386 g/mol. The van der Waals surface area contributed by atoms with E-state index in [1.165, 1.54) is 6.20 Å². The van der Waals surface area contributed by atoms with Gasteiger partial charge in [-0.25, -0.2) is 9.59 Å². The van der Waals surface area contributed by atoms with Gasteiger partial charge in [0, 0.05) is 17.5 Å². The number of ether oxygens (including phenoxy) is 2. The fourth-order valence-electron chi connectivity index (χ4n) is 2.85. The Labute approximate surface area is 164 Å². The molecule has 0 bridgehead atoms. The molecule has 7 heteroatoms. The van der Waals surface area contributed by atoms with Crippen molar-refractivity contribution in [3.8, 4) is 11.1 Å². The van der Waals surface area contributed by atoms with E-state index in [0.29, 0.717) is 5.69 Å². The highest BCUT2D eigenvalue weighted by Crippen LogP contribution is 2.32. The SMILES string of the molecule is CCOC(=O)C(=CNc1ccc(CC)c(-c2c(C)noc2C)c1)C(=O)OCC. The molecule has 1 N–H and O–H groups in total. The molecule has 1 aromatic carbocycles. The number of nitrogens with one attached hydrogen (secondary N) is 1. The first-order valence-corrected chi connectivity index (χ1v) is 9.29. The van der Waals surface area contributed by atoms with Crippen molar-refractivity contribution in [3.05, 3.63) is 47.0 Å². The number of hydrogen-bond acceptors (Lipinski definition) is 7. The molecule has 0 aliphatic heterocycles. The number of nitrogens with zero attached hydrogens (tertiary/aromatic N) is 1. The van der Waals surface area contributed by atoms with Gasteiger partial charge in [-0.3, -0.25) is 0 Å². The number of carbonyl (C=O) groups excluding carboxylic acids is 2. The van der Waals surface area contributed by atoms with Crippen LogP contribution >= 0.6 is 0 Å². The van der Waals surface area contributed by atoms with E-state index >= 15 is 0 Å². The molecule has 7 nitrogen and oxygen atoms in total. The molecule has 0 amide bonds. The van der Waals surface area contributed by atoms with Crippen molar-refractivity contribution in [1.29, 1.82) is 0 Å². The zero-order valence-corrected chi connectivity index (χ0v) is 16.9. The lowest BCUT2D eigenvalue weighted by molar-refractivity contribution is -0.146. The summed E-state index contributed by atoms with van der Waals surface area (Å²) in [4.78, 5) is 24.1. The predicted molar refractivity (Wildman–Crippen MR) is 106 cm³/mol. The van der Waals surface area contributed by atoms with Crippen LogP contribution in [0.2, 0.25) is 0 Å². The summed E-state index contributed by atoms with van der Waals surface area (Å²) in [5, 5.41) is 7.03. The zero-order valence-electron chi connectivity index (χ0n) is 16.9. The number of hydrogen-bond donors (Lipinski definition) is 1. The van der Waals surface area contributed by atoms with Crippen LogP contribution in [0.25, 0.3) is 11.1 Å². The van der Waals surface area contributed by atoms with Gasteiger partial charge in [-0.15, -0.1) is 0 Å². The van der Waals surface area contributed by atoms with Crippen molar-refractivity contribution in [2.75, 3.05) is 18.5 Å². The van der Waals surface area contributed by atoms with E-state index in [9.17, 15) is 9.59 Å².